The minimum atomic E-state index is -3.72. The van der Waals surface area contributed by atoms with Crippen LogP contribution in [0.1, 0.15) is 11.4 Å². The number of nitrogens with zero attached hydrogens (tertiary/aromatic N) is 4. The molecule has 2 aromatic heterocycles. The second-order valence-corrected chi connectivity index (χ2v) is 12.2. The second kappa shape index (κ2) is 11.9. The molecule has 16 heteroatoms. The largest absolute Gasteiger partial charge is 0.399 e. The predicted octanol–water partition coefficient (Wildman–Crippen LogP) is 3.75. The van der Waals surface area contributed by atoms with E-state index in [0.717, 1.165) is 4.47 Å². The first-order chi connectivity index (χ1) is 17.8. The van der Waals surface area contributed by atoms with Gasteiger partial charge in [-0.2, -0.15) is 0 Å². The zero-order chi connectivity index (χ0) is 28.1. The fourth-order valence-electron chi connectivity index (χ4n) is 2.79. The van der Waals surface area contributed by atoms with Crippen LogP contribution in [-0.4, -0.2) is 37.0 Å². The summed E-state index contributed by atoms with van der Waals surface area (Å²) in [6.45, 7) is 3.53. The molecule has 4 rings (SSSR count). The van der Waals surface area contributed by atoms with Crippen LogP contribution in [0.25, 0.3) is 0 Å². The van der Waals surface area contributed by atoms with Crippen LogP contribution in [0.2, 0.25) is 5.15 Å². The Morgan fingerprint density at radius 1 is 0.711 bits per heavy atom. The standard InChI is InChI=1S/C12H13BrN4O2S.C10H9ClN4O2S/c1-7-11(13)8(2)16-12(15-7)17-20(18,19)10-5-3-9(14)4-6-10;11-9-5-6-10(14-13-9)15-18(16,17)8-3-1-7(12)2-4-8/h3-6H,14H2,1-2H3,(H,15,16,17);1-6H,12H2,(H,14,15). The van der Waals surface area contributed by atoms with Crippen molar-refractivity contribution in [2.75, 3.05) is 20.9 Å². The molecule has 0 aliphatic carbocycles. The highest BCUT2D eigenvalue weighted by Crippen LogP contribution is 2.21. The average Bonchev–Trinajstić information content (AvgIpc) is 2.84. The summed E-state index contributed by atoms with van der Waals surface area (Å²) >= 11 is 8.88. The third kappa shape index (κ3) is 7.74. The molecule has 0 aliphatic rings. The van der Waals surface area contributed by atoms with Crippen LogP contribution in [-0.2, 0) is 20.0 Å². The molecule has 12 nitrogen and oxygen atoms in total. The van der Waals surface area contributed by atoms with E-state index in [1.165, 1.54) is 60.7 Å². The monoisotopic (exact) mass is 640 g/mol. The van der Waals surface area contributed by atoms with Gasteiger partial charge < -0.3 is 11.5 Å². The Morgan fingerprint density at radius 3 is 1.58 bits per heavy atom. The summed E-state index contributed by atoms with van der Waals surface area (Å²) in [5.74, 6) is 0.135. The molecule has 6 N–H and O–H groups in total. The third-order valence-corrected chi connectivity index (χ3v) is 8.72. The zero-order valence-corrected chi connectivity index (χ0v) is 23.9. The van der Waals surface area contributed by atoms with Crippen LogP contribution in [0.5, 0.6) is 0 Å². The van der Waals surface area contributed by atoms with Gasteiger partial charge in [-0.3, -0.25) is 4.72 Å². The number of hydrogen-bond acceptors (Lipinski definition) is 10. The molecule has 0 spiro atoms. The molecule has 2 heterocycles. The van der Waals surface area contributed by atoms with Gasteiger partial charge in [0.15, 0.2) is 11.0 Å². The quantitative estimate of drug-likeness (QED) is 0.225. The molecule has 0 saturated heterocycles. The van der Waals surface area contributed by atoms with Crippen LogP contribution in [0.3, 0.4) is 0 Å². The summed E-state index contributed by atoms with van der Waals surface area (Å²) in [4.78, 5) is 8.37. The SMILES string of the molecule is Cc1nc(NS(=O)(=O)c2ccc(N)cc2)nc(C)c1Br.Nc1ccc(S(=O)(=O)Nc2ccc(Cl)nn2)cc1. The second-order valence-electron chi connectivity index (χ2n) is 7.62. The van der Waals surface area contributed by atoms with Gasteiger partial charge in [-0.05, 0) is 90.4 Å². The maximum absolute atomic E-state index is 12.2. The van der Waals surface area contributed by atoms with Gasteiger partial charge >= 0.3 is 0 Å². The van der Waals surface area contributed by atoms with Crippen LogP contribution in [0.4, 0.5) is 23.1 Å². The van der Waals surface area contributed by atoms with Crippen molar-refractivity contribution >= 4 is 70.7 Å². The van der Waals surface area contributed by atoms with Gasteiger partial charge in [-0.1, -0.05) is 11.6 Å². The first-order valence-corrected chi connectivity index (χ1v) is 14.7. The number of hydrogen-bond donors (Lipinski definition) is 4. The van der Waals surface area contributed by atoms with Crippen molar-refractivity contribution in [2.24, 2.45) is 0 Å². The number of anilines is 4. The molecule has 200 valence electrons. The van der Waals surface area contributed by atoms with E-state index >= 15 is 0 Å². The lowest BCUT2D eigenvalue weighted by atomic mass is 10.3. The van der Waals surface area contributed by atoms with Crippen molar-refractivity contribution in [2.45, 2.75) is 23.6 Å². The molecular formula is C22H22BrClN8O4S2. The van der Waals surface area contributed by atoms with Crippen LogP contribution >= 0.6 is 27.5 Å². The number of sulfonamides is 2. The average molecular weight is 642 g/mol. The van der Waals surface area contributed by atoms with E-state index in [1.807, 2.05) is 0 Å². The number of nitrogens with two attached hydrogens (primary N) is 2. The topological polar surface area (TPSA) is 196 Å². The zero-order valence-electron chi connectivity index (χ0n) is 19.9. The molecule has 0 bridgehead atoms. The molecular weight excluding hydrogens is 620 g/mol. The molecule has 0 atom stereocenters. The molecule has 0 unspecified atom stereocenters. The van der Waals surface area contributed by atoms with Crippen molar-refractivity contribution in [3.05, 3.63) is 81.7 Å². The van der Waals surface area contributed by atoms with E-state index < -0.39 is 20.0 Å². The first-order valence-electron chi connectivity index (χ1n) is 10.5. The van der Waals surface area contributed by atoms with Gasteiger partial charge in [-0.15, -0.1) is 10.2 Å². The molecule has 0 aliphatic heterocycles. The van der Waals surface area contributed by atoms with Crippen molar-refractivity contribution in [1.29, 1.82) is 0 Å². The normalized spacial score (nSPS) is 11.3. The fraction of sp³-hybridized carbons (Fsp3) is 0.0909. The lowest BCUT2D eigenvalue weighted by molar-refractivity contribution is 0.599. The molecule has 0 saturated carbocycles. The number of halogens is 2. The summed E-state index contributed by atoms with van der Waals surface area (Å²) in [6, 6.07) is 14.6. The Labute approximate surface area is 233 Å². The van der Waals surface area contributed by atoms with E-state index in [9.17, 15) is 16.8 Å². The Balaban J connectivity index is 0.000000212. The van der Waals surface area contributed by atoms with E-state index in [-0.39, 0.29) is 26.7 Å². The number of nitrogens with one attached hydrogen (secondary N) is 2. The molecule has 2 aromatic carbocycles. The maximum atomic E-state index is 12.2. The van der Waals surface area contributed by atoms with Crippen LogP contribution in [0, 0.1) is 13.8 Å². The van der Waals surface area contributed by atoms with Gasteiger partial charge in [0.2, 0.25) is 5.95 Å². The third-order valence-electron chi connectivity index (χ3n) is 4.66. The van der Waals surface area contributed by atoms with Gasteiger partial charge in [0.1, 0.15) is 0 Å². The number of aromatic nitrogens is 4. The van der Waals surface area contributed by atoms with E-state index in [2.05, 4.69) is 45.5 Å². The minimum Gasteiger partial charge on any atom is -0.399 e. The molecule has 0 amide bonds. The van der Waals surface area contributed by atoms with Gasteiger partial charge in [0.25, 0.3) is 20.0 Å². The Kier molecular flexibility index (Phi) is 9.09. The molecule has 4 aromatic rings. The van der Waals surface area contributed by atoms with Gasteiger partial charge in [-0.25, -0.2) is 31.5 Å². The van der Waals surface area contributed by atoms with Crippen molar-refractivity contribution in [1.82, 2.24) is 20.2 Å². The van der Waals surface area contributed by atoms with Gasteiger partial charge in [0.05, 0.1) is 25.7 Å². The summed E-state index contributed by atoms with van der Waals surface area (Å²) in [6.07, 6.45) is 0. The molecule has 38 heavy (non-hydrogen) atoms. The van der Waals surface area contributed by atoms with Crippen molar-refractivity contribution in [3.8, 4) is 0 Å². The van der Waals surface area contributed by atoms with Crippen molar-refractivity contribution < 1.29 is 16.8 Å². The number of nitrogen functional groups attached to an aromatic ring is 2. The Hall–Kier alpha value is -3.53. The van der Waals surface area contributed by atoms with E-state index in [4.69, 9.17) is 23.1 Å². The molecule has 0 radical (unpaired) electrons. The lowest BCUT2D eigenvalue weighted by Gasteiger charge is -2.09. The number of rotatable bonds is 6. The summed E-state index contributed by atoms with van der Waals surface area (Å²) in [7, 11) is -7.42. The maximum Gasteiger partial charge on any atom is 0.264 e. The summed E-state index contributed by atoms with van der Waals surface area (Å²) in [5, 5.41) is 7.33. The number of benzene rings is 2. The summed E-state index contributed by atoms with van der Waals surface area (Å²) in [5.41, 5.74) is 13.3. The predicted molar refractivity (Wildman–Crippen MR) is 150 cm³/mol. The minimum absolute atomic E-state index is 0.0417. The summed E-state index contributed by atoms with van der Waals surface area (Å²) < 4.78 is 53.6. The highest BCUT2D eigenvalue weighted by molar-refractivity contribution is 9.10. The van der Waals surface area contributed by atoms with Crippen LogP contribution < -0.4 is 20.9 Å². The van der Waals surface area contributed by atoms with Crippen molar-refractivity contribution in [3.63, 3.8) is 0 Å². The van der Waals surface area contributed by atoms with E-state index in [1.54, 1.807) is 13.8 Å². The highest BCUT2D eigenvalue weighted by Gasteiger charge is 2.17. The Bertz CT molecular complexity index is 1610. The van der Waals surface area contributed by atoms with E-state index in [0.29, 0.717) is 22.8 Å². The Morgan fingerprint density at radius 2 is 1.16 bits per heavy atom. The molecule has 0 fully saturated rings. The van der Waals surface area contributed by atoms with Gasteiger partial charge in [0, 0.05) is 11.4 Å². The van der Waals surface area contributed by atoms with Crippen LogP contribution in [0.15, 0.2) is 74.9 Å². The smallest absolute Gasteiger partial charge is 0.264 e. The first kappa shape index (κ1) is 29.0. The highest BCUT2D eigenvalue weighted by atomic mass is 79.9. The number of aryl methyl sites for hydroxylation is 2. The lowest BCUT2D eigenvalue weighted by Crippen LogP contribution is -2.16. The fourth-order valence-corrected chi connectivity index (χ4v) is 5.01.